The third kappa shape index (κ3) is 4.14. The normalized spacial score (nSPS) is 11.1. The van der Waals surface area contributed by atoms with Crippen LogP contribution in [-0.2, 0) is 11.3 Å². The maximum atomic E-state index is 13.1. The molecule has 0 fully saturated rings. The summed E-state index contributed by atoms with van der Waals surface area (Å²) < 4.78 is 18.6. The largest absolute Gasteiger partial charge is 0.371 e. The predicted molar refractivity (Wildman–Crippen MR) is 58.9 cm³/mol. The lowest BCUT2D eigenvalue weighted by molar-refractivity contribution is -0.0150. The first-order valence-electron chi connectivity index (χ1n) is 4.81. The Bertz CT molecular complexity index is 383. The van der Waals surface area contributed by atoms with Crippen LogP contribution in [0.15, 0.2) is 18.2 Å². The molecule has 80 valence electrons. The van der Waals surface area contributed by atoms with Gasteiger partial charge >= 0.3 is 0 Å². The molecule has 1 aromatic rings. The molecule has 0 heterocycles. The number of ether oxygens (including phenoxy) is 1. The molecule has 0 aliphatic rings. The van der Waals surface area contributed by atoms with E-state index in [1.54, 1.807) is 6.07 Å². The van der Waals surface area contributed by atoms with Crippen molar-refractivity contribution < 1.29 is 9.13 Å². The van der Waals surface area contributed by atoms with E-state index in [4.69, 9.17) is 11.2 Å². The minimum atomic E-state index is -0.321. The van der Waals surface area contributed by atoms with Crippen molar-refractivity contribution in [3.05, 3.63) is 35.1 Å². The SMILES string of the molecule is C#Cc1cc(F)cc(COC(C)(C)C)c1. The first-order chi connectivity index (χ1) is 6.90. The van der Waals surface area contributed by atoms with Crippen molar-refractivity contribution in [2.45, 2.75) is 33.0 Å². The van der Waals surface area contributed by atoms with Crippen LogP contribution in [0, 0.1) is 18.2 Å². The molecule has 0 aliphatic heterocycles. The van der Waals surface area contributed by atoms with Crippen LogP contribution in [0.4, 0.5) is 4.39 Å². The molecule has 15 heavy (non-hydrogen) atoms. The maximum Gasteiger partial charge on any atom is 0.124 e. The third-order valence-electron chi connectivity index (χ3n) is 1.80. The number of terminal acetylenes is 1. The molecule has 0 radical (unpaired) electrons. The van der Waals surface area contributed by atoms with Gasteiger partial charge in [0.15, 0.2) is 0 Å². The molecule has 0 N–H and O–H groups in total. The lowest BCUT2D eigenvalue weighted by Gasteiger charge is -2.19. The van der Waals surface area contributed by atoms with E-state index in [-0.39, 0.29) is 11.4 Å². The molecule has 0 saturated heterocycles. The summed E-state index contributed by atoms with van der Waals surface area (Å²) >= 11 is 0. The molecule has 0 unspecified atom stereocenters. The van der Waals surface area contributed by atoms with Gasteiger partial charge in [-0.3, -0.25) is 0 Å². The van der Waals surface area contributed by atoms with Crippen molar-refractivity contribution in [1.82, 2.24) is 0 Å². The zero-order valence-electron chi connectivity index (χ0n) is 9.30. The minimum Gasteiger partial charge on any atom is -0.371 e. The molecule has 1 nitrogen and oxygen atoms in total. The highest BCUT2D eigenvalue weighted by molar-refractivity contribution is 5.35. The van der Waals surface area contributed by atoms with E-state index in [1.165, 1.54) is 12.1 Å². The molecular weight excluding hydrogens is 191 g/mol. The van der Waals surface area contributed by atoms with Gasteiger partial charge in [-0.05, 0) is 44.5 Å². The van der Waals surface area contributed by atoms with Crippen LogP contribution in [0.5, 0.6) is 0 Å². The summed E-state index contributed by atoms with van der Waals surface area (Å²) in [5, 5.41) is 0. The Morgan fingerprint density at radius 1 is 1.33 bits per heavy atom. The molecule has 1 rings (SSSR count). The van der Waals surface area contributed by atoms with E-state index in [0.29, 0.717) is 12.2 Å². The van der Waals surface area contributed by atoms with E-state index < -0.39 is 0 Å². The number of halogens is 1. The summed E-state index contributed by atoms with van der Waals surface area (Å²) in [6.45, 7) is 6.23. The van der Waals surface area contributed by atoms with Gasteiger partial charge in [0.25, 0.3) is 0 Å². The summed E-state index contributed by atoms with van der Waals surface area (Å²) in [7, 11) is 0. The van der Waals surface area contributed by atoms with Crippen LogP contribution >= 0.6 is 0 Å². The topological polar surface area (TPSA) is 9.23 Å². The van der Waals surface area contributed by atoms with Crippen molar-refractivity contribution in [2.75, 3.05) is 0 Å². The number of hydrogen-bond donors (Lipinski definition) is 0. The molecule has 0 bridgehead atoms. The fourth-order valence-corrected chi connectivity index (χ4v) is 1.12. The zero-order chi connectivity index (χ0) is 11.5. The van der Waals surface area contributed by atoms with Gasteiger partial charge in [0.1, 0.15) is 5.82 Å². The Balaban J connectivity index is 2.78. The molecule has 0 amide bonds. The van der Waals surface area contributed by atoms with Gasteiger partial charge in [0.05, 0.1) is 12.2 Å². The number of hydrogen-bond acceptors (Lipinski definition) is 1. The highest BCUT2D eigenvalue weighted by Gasteiger charge is 2.10. The predicted octanol–water partition coefficient (Wildman–Crippen LogP) is 3.12. The smallest absolute Gasteiger partial charge is 0.124 e. The summed E-state index contributed by atoms with van der Waals surface area (Å²) in [6.07, 6.45) is 5.21. The quantitative estimate of drug-likeness (QED) is 0.675. The van der Waals surface area contributed by atoms with E-state index in [2.05, 4.69) is 5.92 Å². The average molecular weight is 206 g/mol. The van der Waals surface area contributed by atoms with Crippen LogP contribution < -0.4 is 0 Å². The molecule has 1 aromatic carbocycles. The van der Waals surface area contributed by atoms with E-state index >= 15 is 0 Å². The fourth-order valence-electron chi connectivity index (χ4n) is 1.12. The molecule has 0 aliphatic carbocycles. The van der Waals surface area contributed by atoms with Crippen molar-refractivity contribution >= 4 is 0 Å². The highest BCUT2D eigenvalue weighted by atomic mass is 19.1. The third-order valence-corrected chi connectivity index (χ3v) is 1.80. The molecular formula is C13H15FO. The second-order valence-electron chi connectivity index (χ2n) is 4.39. The van der Waals surface area contributed by atoms with Gasteiger partial charge in [-0.1, -0.05) is 5.92 Å². The Labute approximate surface area is 90.3 Å². The van der Waals surface area contributed by atoms with E-state index in [9.17, 15) is 4.39 Å². The van der Waals surface area contributed by atoms with Gasteiger partial charge in [-0.15, -0.1) is 6.42 Å². The molecule has 0 saturated carbocycles. The second-order valence-corrected chi connectivity index (χ2v) is 4.39. The van der Waals surface area contributed by atoms with Gasteiger partial charge in [-0.2, -0.15) is 0 Å². The summed E-state index contributed by atoms with van der Waals surface area (Å²) in [5.41, 5.74) is 1.07. The van der Waals surface area contributed by atoms with Gasteiger partial charge < -0.3 is 4.74 Å². The monoisotopic (exact) mass is 206 g/mol. The van der Waals surface area contributed by atoms with Crippen LogP contribution in [0.3, 0.4) is 0 Å². The van der Waals surface area contributed by atoms with Crippen molar-refractivity contribution in [1.29, 1.82) is 0 Å². The minimum absolute atomic E-state index is 0.234. The number of benzene rings is 1. The highest BCUT2D eigenvalue weighted by Crippen LogP contribution is 2.14. The van der Waals surface area contributed by atoms with Gasteiger partial charge in [0.2, 0.25) is 0 Å². The maximum absolute atomic E-state index is 13.1. The molecule has 0 spiro atoms. The standard InChI is InChI=1S/C13H15FO/c1-5-10-6-11(8-12(14)7-10)9-15-13(2,3)4/h1,6-8H,9H2,2-4H3. The first-order valence-corrected chi connectivity index (χ1v) is 4.81. The lowest BCUT2D eigenvalue weighted by Crippen LogP contribution is -2.18. The molecule has 0 atom stereocenters. The average Bonchev–Trinajstić information content (AvgIpc) is 2.13. The Kier molecular flexibility index (Phi) is 3.49. The van der Waals surface area contributed by atoms with E-state index in [1.807, 2.05) is 20.8 Å². The van der Waals surface area contributed by atoms with E-state index in [0.717, 1.165) is 5.56 Å². The van der Waals surface area contributed by atoms with Crippen molar-refractivity contribution in [3.63, 3.8) is 0 Å². The van der Waals surface area contributed by atoms with Crippen LogP contribution in [0.2, 0.25) is 0 Å². The van der Waals surface area contributed by atoms with Crippen molar-refractivity contribution in [2.24, 2.45) is 0 Å². The fraction of sp³-hybridized carbons (Fsp3) is 0.385. The lowest BCUT2D eigenvalue weighted by atomic mass is 10.1. The Morgan fingerprint density at radius 3 is 2.53 bits per heavy atom. The first kappa shape index (κ1) is 11.7. The number of rotatable bonds is 2. The van der Waals surface area contributed by atoms with Crippen LogP contribution in [0.1, 0.15) is 31.9 Å². The van der Waals surface area contributed by atoms with Crippen molar-refractivity contribution in [3.8, 4) is 12.3 Å². The summed E-state index contributed by atoms with van der Waals surface area (Å²) in [6, 6.07) is 4.53. The van der Waals surface area contributed by atoms with Crippen LogP contribution in [0.25, 0.3) is 0 Å². The zero-order valence-corrected chi connectivity index (χ0v) is 9.30. The molecule has 0 aromatic heterocycles. The van der Waals surface area contributed by atoms with Gasteiger partial charge in [0, 0.05) is 5.56 Å². The second kappa shape index (κ2) is 4.46. The summed E-state index contributed by atoms with van der Waals surface area (Å²) in [5.74, 6) is 2.09. The summed E-state index contributed by atoms with van der Waals surface area (Å²) in [4.78, 5) is 0. The molecule has 2 heteroatoms. The van der Waals surface area contributed by atoms with Gasteiger partial charge in [-0.25, -0.2) is 4.39 Å². The Morgan fingerprint density at radius 2 is 2.00 bits per heavy atom. The van der Waals surface area contributed by atoms with Crippen LogP contribution in [-0.4, -0.2) is 5.60 Å². The Hall–Kier alpha value is -1.33.